The van der Waals surface area contributed by atoms with Crippen molar-refractivity contribution in [1.82, 2.24) is 0 Å². The third kappa shape index (κ3) is 2.78. The molecule has 7 heteroatoms. The van der Waals surface area contributed by atoms with Crippen molar-refractivity contribution >= 4 is 13.6 Å². The number of aliphatic hydroxyl groups is 1. The molecule has 0 saturated heterocycles. The molecule has 0 spiro atoms. The molecule has 0 rings (SSSR count). The van der Waals surface area contributed by atoms with Crippen LogP contribution in [0.15, 0.2) is 0 Å². The zero-order valence-corrected chi connectivity index (χ0v) is 9.54. The number of rotatable bonds is 5. The Morgan fingerprint density at radius 1 is 1.36 bits per heavy atom. The average Bonchev–Trinajstić information content (AvgIpc) is 2.15. The second-order valence-corrected chi connectivity index (χ2v) is 5.52. The lowest BCUT2D eigenvalue weighted by Gasteiger charge is -2.28. The van der Waals surface area contributed by atoms with Gasteiger partial charge in [-0.05, 0) is 6.92 Å². The van der Waals surface area contributed by atoms with Crippen molar-refractivity contribution in [3.8, 4) is 0 Å². The fourth-order valence-electron chi connectivity index (χ4n) is 0.910. The van der Waals surface area contributed by atoms with Crippen LogP contribution in [0.1, 0.15) is 13.3 Å². The van der Waals surface area contributed by atoms with Gasteiger partial charge >= 0.3 is 13.6 Å². The van der Waals surface area contributed by atoms with Gasteiger partial charge in [0.25, 0.3) is 0 Å². The molecule has 84 valence electrons. The standard InChI is InChI=1S/C7H15O6P/c1-7(9,5-6(8)11-2)14(10,12-3)13-4/h9H,5H2,1-4H3. The van der Waals surface area contributed by atoms with Crippen molar-refractivity contribution in [3.63, 3.8) is 0 Å². The van der Waals surface area contributed by atoms with E-state index in [1.54, 1.807) is 0 Å². The number of hydrogen-bond acceptors (Lipinski definition) is 6. The van der Waals surface area contributed by atoms with Crippen LogP contribution in [0.3, 0.4) is 0 Å². The van der Waals surface area contributed by atoms with Crippen LogP contribution < -0.4 is 0 Å². The van der Waals surface area contributed by atoms with Gasteiger partial charge < -0.3 is 18.9 Å². The monoisotopic (exact) mass is 226 g/mol. The van der Waals surface area contributed by atoms with Gasteiger partial charge in [-0.25, -0.2) is 0 Å². The molecule has 1 atom stereocenters. The van der Waals surface area contributed by atoms with Crippen LogP contribution in [0, 0.1) is 0 Å². The molecule has 0 aromatic heterocycles. The highest BCUT2D eigenvalue weighted by Crippen LogP contribution is 2.58. The summed E-state index contributed by atoms with van der Waals surface area (Å²) in [6.07, 6.45) is -0.456. The number of carbonyl (C=O) groups excluding carboxylic acids is 1. The zero-order chi connectivity index (χ0) is 11.4. The fourth-order valence-corrected chi connectivity index (χ4v) is 2.17. The molecule has 0 fully saturated rings. The Bertz CT molecular complexity index is 241. The second-order valence-electron chi connectivity index (χ2n) is 2.83. The molecule has 0 aromatic carbocycles. The maximum atomic E-state index is 11.7. The highest BCUT2D eigenvalue weighted by Gasteiger charge is 2.46. The lowest BCUT2D eigenvalue weighted by molar-refractivity contribution is -0.143. The predicted molar refractivity (Wildman–Crippen MR) is 48.9 cm³/mol. The van der Waals surface area contributed by atoms with Crippen molar-refractivity contribution in [3.05, 3.63) is 0 Å². The minimum absolute atomic E-state index is 0.456. The predicted octanol–water partition coefficient (Wildman–Crippen LogP) is 0.744. The number of esters is 1. The summed E-state index contributed by atoms with van der Waals surface area (Å²) in [5.41, 5.74) is 0. The first kappa shape index (κ1) is 13.6. The van der Waals surface area contributed by atoms with Crippen LogP contribution in [-0.2, 0) is 23.1 Å². The first-order chi connectivity index (χ1) is 6.33. The Morgan fingerprint density at radius 2 is 1.79 bits per heavy atom. The molecule has 1 N–H and O–H groups in total. The summed E-state index contributed by atoms with van der Waals surface area (Å²) >= 11 is 0. The number of hydrogen-bond donors (Lipinski definition) is 1. The van der Waals surface area contributed by atoms with Gasteiger partial charge in [0.1, 0.15) is 0 Å². The molecule has 0 saturated carbocycles. The van der Waals surface area contributed by atoms with Crippen LogP contribution in [0.25, 0.3) is 0 Å². The number of methoxy groups -OCH3 is 1. The van der Waals surface area contributed by atoms with E-state index in [2.05, 4.69) is 13.8 Å². The SMILES string of the molecule is COC(=O)CC(C)(O)P(=O)(OC)OC. The summed E-state index contributed by atoms with van der Waals surface area (Å²) in [4.78, 5) is 10.9. The van der Waals surface area contributed by atoms with Crippen molar-refractivity contribution < 1.29 is 28.3 Å². The van der Waals surface area contributed by atoms with Crippen LogP contribution in [0.5, 0.6) is 0 Å². The van der Waals surface area contributed by atoms with Gasteiger partial charge in [-0.15, -0.1) is 0 Å². The summed E-state index contributed by atoms with van der Waals surface area (Å²) in [5, 5.41) is 7.84. The average molecular weight is 226 g/mol. The van der Waals surface area contributed by atoms with Crippen molar-refractivity contribution in [2.75, 3.05) is 21.3 Å². The molecule has 0 aliphatic carbocycles. The highest BCUT2D eigenvalue weighted by atomic mass is 31.2. The molecule has 1 unspecified atom stereocenters. The van der Waals surface area contributed by atoms with Gasteiger partial charge in [0.05, 0.1) is 13.5 Å². The van der Waals surface area contributed by atoms with E-state index in [0.717, 1.165) is 14.2 Å². The van der Waals surface area contributed by atoms with E-state index in [1.165, 1.54) is 14.0 Å². The van der Waals surface area contributed by atoms with Gasteiger partial charge in [0.2, 0.25) is 0 Å². The molecule has 0 aliphatic rings. The van der Waals surface area contributed by atoms with Crippen LogP contribution in [0.2, 0.25) is 0 Å². The largest absolute Gasteiger partial charge is 0.469 e. The third-order valence-electron chi connectivity index (χ3n) is 1.78. The maximum Gasteiger partial charge on any atom is 0.361 e. The summed E-state index contributed by atoms with van der Waals surface area (Å²) in [6, 6.07) is 0. The van der Waals surface area contributed by atoms with Gasteiger partial charge in [0.15, 0.2) is 5.34 Å². The fraction of sp³-hybridized carbons (Fsp3) is 0.857. The van der Waals surface area contributed by atoms with Crippen molar-refractivity contribution in [1.29, 1.82) is 0 Å². The first-order valence-electron chi connectivity index (χ1n) is 3.84. The second kappa shape index (κ2) is 4.89. The Morgan fingerprint density at radius 3 is 2.07 bits per heavy atom. The van der Waals surface area contributed by atoms with E-state index in [1.807, 2.05) is 0 Å². The molecule has 6 nitrogen and oxygen atoms in total. The Balaban J connectivity index is 4.75. The van der Waals surface area contributed by atoms with Gasteiger partial charge in [-0.1, -0.05) is 0 Å². The summed E-state index contributed by atoms with van der Waals surface area (Å²) < 4.78 is 25.2. The minimum Gasteiger partial charge on any atom is -0.469 e. The molecule has 0 amide bonds. The quantitative estimate of drug-likeness (QED) is 0.550. The van der Waals surface area contributed by atoms with Gasteiger partial charge in [-0.3, -0.25) is 9.36 Å². The number of ether oxygens (including phenoxy) is 1. The van der Waals surface area contributed by atoms with E-state index in [9.17, 15) is 14.5 Å². The van der Waals surface area contributed by atoms with E-state index in [4.69, 9.17) is 0 Å². The van der Waals surface area contributed by atoms with Crippen LogP contribution >= 0.6 is 7.60 Å². The normalized spacial score (nSPS) is 16.1. The lowest BCUT2D eigenvalue weighted by Crippen LogP contribution is -2.29. The van der Waals surface area contributed by atoms with Crippen LogP contribution in [0.4, 0.5) is 0 Å². The lowest BCUT2D eigenvalue weighted by atomic mass is 10.3. The van der Waals surface area contributed by atoms with Crippen molar-refractivity contribution in [2.45, 2.75) is 18.7 Å². The first-order valence-corrected chi connectivity index (χ1v) is 5.38. The topological polar surface area (TPSA) is 82.1 Å². The van der Waals surface area contributed by atoms with Gasteiger partial charge in [-0.2, -0.15) is 0 Å². The van der Waals surface area contributed by atoms with E-state index < -0.39 is 25.3 Å². The molecular formula is C7H15O6P. The third-order valence-corrected chi connectivity index (χ3v) is 4.08. The molecule has 0 aromatic rings. The molecule has 0 radical (unpaired) electrons. The number of carbonyl (C=O) groups is 1. The molecule has 0 aliphatic heterocycles. The van der Waals surface area contributed by atoms with Gasteiger partial charge in [0, 0.05) is 14.2 Å². The molecule has 0 bridgehead atoms. The summed E-state index contributed by atoms with van der Waals surface area (Å²) in [5.74, 6) is -0.690. The van der Waals surface area contributed by atoms with E-state index in [0.29, 0.717) is 0 Å². The maximum absolute atomic E-state index is 11.7. The summed E-state index contributed by atoms with van der Waals surface area (Å²) in [7, 11) is -0.257. The van der Waals surface area contributed by atoms with E-state index in [-0.39, 0.29) is 0 Å². The zero-order valence-electron chi connectivity index (χ0n) is 8.64. The molecular weight excluding hydrogens is 211 g/mol. The minimum atomic E-state index is -3.70. The van der Waals surface area contributed by atoms with E-state index >= 15 is 0 Å². The molecule has 0 heterocycles. The Hall–Kier alpha value is -0.420. The highest BCUT2D eigenvalue weighted by molar-refractivity contribution is 7.55. The summed E-state index contributed by atoms with van der Waals surface area (Å²) in [6.45, 7) is 1.19. The Labute approximate surface area is 82.7 Å². The smallest absolute Gasteiger partial charge is 0.361 e. The molecule has 14 heavy (non-hydrogen) atoms. The van der Waals surface area contributed by atoms with Crippen molar-refractivity contribution in [2.24, 2.45) is 0 Å². The van der Waals surface area contributed by atoms with Crippen LogP contribution in [-0.4, -0.2) is 37.7 Å². The Kier molecular flexibility index (Phi) is 4.74.